The number of hydrogen-bond acceptors (Lipinski definition) is 3. The molecule has 1 N–H and O–H groups in total. The van der Waals surface area contributed by atoms with Crippen molar-refractivity contribution in [3.63, 3.8) is 0 Å². The lowest BCUT2D eigenvalue weighted by Crippen LogP contribution is -2.22. The summed E-state index contributed by atoms with van der Waals surface area (Å²) in [5, 5.41) is 3.21. The molecule has 0 aliphatic carbocycles. The molecular weight excluding hydrogens is 245 g/mol. The summed E-state index contributed by atoms with van der Waals surface area (Å²) in [6.45, 7) is 1.24. The van der Waals surface area contributed by atoms with E-state index in [1.807, 2.05) is 0 Å². The first-order valence-corrected chi connectivity index (χ1v) is 5.74. The Kier molecular flexibility index (Phi) is 3.64. The monoisotopic (exact) mass is 257 g/mol. The van der Waals surface area contributed by atoms with Crippen LogP contribution >= 0.6 is 11.6 Å². The van der Waals surface area contributed by atoms with E-state index in [2.05, 4.69) is 5.32 Å². The van der Waals surface area contributed by atoms with Gasteiger partial charge in [0.25, 0.3) is 0 Å². The molecule has 2 unspecified atom stereocenters. The van der Waals surface area contributed by atoms with E-state index in [9.17, 15) is 9.18 Å². The molecule has 1 aromatic rings. The lowest BCUT2D eigenvalue weighted by molar-refractivity contribution is -0.145. The zero-order chi connectivity index (χ0) is 12.4. The Balaban J connectivity index is 2.26. The van der Waals surface area contributed by atoms with Crippen LogP contribution in [-0.2, 0) is 9.53 Å². The Labute approximate surface area is 104 Å². The normalized spacial score (nSPS) is 23.7. The van der Waals surface area contributed by atoms with Crippen molar-refractivity contribution in [2.24, 2.45) is 5.92 Å². The molecule has 3 nitrogen and oxygen atoms in total. The molecule has 0 aromatic heterocycles. The van der Waals surface area contributed by atoms with E-state index < -0.39 is 5.82 Å². The predicted molar refractivity (Wildman–Crippen MR) is 62.5 cm³/mol. The largest absolute Gasteiger partial charge is 0.469 e. The minimum atomic E-state index is -0.448. The highest BCUT2D eigenvalue weighted by Crippen LogP contribution is 2.31. The van der Waals surface area contributed by atoms with Crippen LogP contribution in [0.4, 0.5) is 4.39 Å². The van der Waals surface area contributed by atoms with Gasteiger partial charge in [0.2, 0.25) is 0 Å². The van der Waals surface area contributed by atoms with Gasteiger partial charge in [0.1, 0.15) is 5.82 Å². The number of methoxy groups -OCH3 is 1. The summed E-state index contributed by atoms with van der Waals surface area (Å²) in [5.41, 5.74) is 0.858. The molecule has 0 radical (unpaired) electrons. The van der Waals surface area contributed by atoms with Crippen LogP contribution in [0.2, 0.25) is 5.02 Å². The summed E-state index contributed by atoms with van der Waals surface area (Å²) in [6, 6.07) is 4.56. The molecule has 17 heavy (non-hydrogen) atoms. The maximum atomic E-state index is 13.1. The summed E-state index contributed by atoms with van der Waals surface area (Å²) in [5.74, 6) is -0.946. The molecule has 2 atom stereocenters. The summed E-state index contributed by atoms with van der Waals surface area (Å²) in [7, 11) is 1.37. The van der Waals surface area contributed by atoms with Crippen molar-refractivity contribution in [2.45, 2.75) is 5.92 Å². The van der Waals surface area contributed by atoms with Crippen LogP contribution in [0.15, 0.2) is 18.2 Å². The summed E-state index contributed by atoms with van der Waals surface area (Å²) < 4.78 is 17.8. The van der Waals surface area contributed by atoms with Crippen LogP contribution in [0.1, 0.15) is 11.5 Å². The second-order valence-corrected chi connectivity index (χ2v) is 4.48. The maximum Gasteiger partial charge on any atom is 0.310 e. The van der Waals surface area contributed by atoms with Gasteiger partial charge in [-0.2, -0.15) is 0 Å². The van der Waals surface area contributed by atoms with E-state index in [-0.39, 0.29) is 22.8 Å². The summed E-state index contributed by atoms with van der Waals surface area (Å²) in [6.07, 6.45) is 0. The highest BCUT2D eigenvalue weighted by Gasteiger charge is 2.34. The number of carbonyl (C=O) groups excluding carboxylic acids is 1. The van der Waals surface area contributed by atoms with Crippen molar-refractivity contribution < 1.29 is 13.9 Å². The van der Waals surface area contributed by atoms with Crippen LogP contribution < -0.4 is 5.32 Å². The van der Waals surface area contributed by atoms with Gasteiger partial charge in [-0.3, -0.25) is 4.79 Å². The number of benzene rings is 1. The SMILES string of the molecule is COC(=O)C1CNCC1c1ccc(F)c(Cl)c1. The quantitative estimate of drug-likeness (QED) is 0.823. The van der Waals surface area contributed by atoms with Crippen LogP contribution in [0.3, 0.4) is 0 Å². The van der Waals surface area contributed by atoms with E-state index in [0.29, 0.717) is 13.1 Å². The summed E-state index contributed by atoms with van der Waals surface area (Å²) in [4.78, 5) is 11.6. The number of rotatable bonds is 2. The molecule has 0 spiro atoms. The molecule has 1 aliphatic heterocycles. The van der Waals surface area contributed by atoms with Crippen molar-refractivity contribution in [3.05, 3.63) is 34.6 Å². The van der Waals surface area contributed by atoms with Gasteiger partial charge in [-0.1, -0.05) is 17.7 Å². The number of halogens is 2. The molecule has 92 valence electrons. The molecule has 0 saturated carbocycles. The minimum absolute atomic E-state index is 0.0134. The maximum absolute atomic E-state index is 13.1. The van der Waals surface area contributed by atoms with Gasteiger partial charge in [-0.25, -0.2) is 4.39 Å². The molecule has 0 bridgehead atoms. The van der Waals surface area contributed by atoms with Crippen molar-refractivity contribution in [3.8, 4) is 0 Å². The van der Waals surface area contributed by atoms with Crippen molar-refractivity contribution in [2.75, 3.05) is 20.2 Å². The fourth-order valence-electron chi connectivity index (χ4n) is 2.17. The van der Waals surface area contributed by atoms with Crippen molar-refractivity contribution in [1.82, 2.24) is 5.32 Å². The average molecular weight is 258 g/mol. The molecule has 0 amide bonds. The van der Waals surface area contributed by atoms with Crippen LogP contribution in [0.5, 0.6) is 0 Å². The van der Waals surface area contributed by atoms with Gasteiger partial charge in [0.05, 0.1) is 18.1 Å². The molecule has 1 saturated heterocycles. The highest BCUT2D eigenvalue weighted by molar-refractivity contribution is 6.30. The first kappa shape index (κ1) is 12.3. The van der Waals surface area contributed by atoms with Gasteiger partial charge < -0.3 is 10.1 Å². The van der Waals surface area contributed by atoms with Crippen molar-refractivity contribution in [1.29, 1.82) is 0 Å². The van der Waals surface area contributed by atoms with Gasteiger partial charge in [0, 0.05) is 19.0 Å². The van der Waals surface area contributed by atoms with Crippen LogP contribution in [-0.4, -0.2) is 26.2 Å². The van der Waals surface area contributed by atoms with Gasteiger partial charge in [-0.15, -0.1) is 0 Å². The number of carbonyl (C=O) groups is 1. The Morgan fingerprint density at radius 2 is 2.29 bits per heavy atom. The van der Waals surface area contributed by atoms with E-state index in [0.717, 1.165) is 5.56 Å². The lowest BCUT2D eigenvalue weighted by Gasteiger charge is -2.17. The number of hydrogen-bond donors (Lipinski definition) is 1. The first-order chi connectivity index (χ1) is 8.13. The standard InChI is InChI=1S/C12H13ClFNO2/c1-17-12(16)9-6-15-5-8(9)7-2-3-11(14)10(13)4-7/h2-4,8-9,15H,5-6H2,1H3. The van der Waals surface area contributed by atoms with Crippen molar-refractivity contribution >= 4 is 17.6 Å². The zero-order valence-corrected chi connectivity index (χ0v) is 10.1. The smallest absolute Gasteiger partial charge is 0.310 e. The predicted octanol–water partition coefficient (Wildman–Crippen LogP) is 1.96. The third kappa shape index (κ3) is 2.42. The second kappa shape index (κ2) is 5.02. The number of esters is 1. The van der Waals surface area contributed by atoms with Crippen LogP contribution in [0, 0.1) is 11.7 Å². The molecule has 1 aliphatic rings. The van der Waals surface area contributed by atoms with Gasteiger partial charge in [-0.05, 0) is 17.7 Å². The second-order valence-electron chi connectivity index (χ2n) is 4.07. The van der Waals surface area contributed by atoms with Gasteiger partial charge >= 0.3 is 5.97 Å². The van der Waals surface area contributed by atoms with E-state index >= 15 is 0 Å². The molecule has 1 aromatic carbocycles. The topological polar surface area (TPSA) is 38.3 Å². The van der Waals surface area contributed by atoms with E-state index in [1.54, 1.807) is 12.1 Å². The third-order valence-electron chi connectivity index (χ3n) is 3.09. The molecule has 1 heterocycles. The Morgan fingerprint density at radius 1 is 1.53 bits per heavy atom. The fraction of sp³-hybridized carbons (Fsp3) is 0.417. The number of nitrogens with one attached hydrogen (secondary N) is 1. The lowest BCUT2D eigenvalue weighted by atomic mass is 9.89. The molecule has 1 fully saturated rings. The Morgan fingerprint density at radius 3 is 2.94 bits per heavy atom. The molecule has 2 rings (SSSR count). The summed E-state index contributed by atoms with van der Waals surface area (Å²) >= 11 is 5.74. The van der Waals surface area contributed by atoms with Crippen LogP contribution in [0.25, 0.3) is 0 Å². The Hall–Kier alpha value is -1.13. The van der Waals surface area contributed by atoms with E-state index in [4.69, 9.17) is 16.3 Å². The third-order valence-corrected chi connectivity index (χ3v) is 3.38. The minimum Gasteiger partial charge on any atom is -0.469 e. The first-order valence-electron chi connectivity index (χ1n) is 5.37. The molecule has 5 heteroatoms. The Bertz CT molecular complexity index is 439. The highest BCUT2D eigenvalue weighted by atomic mass is 35.5. The van der Waals surface area contributed by atoms with E-state index in [1.165, 1.54) is 13.2 Å². The van der Waals surface area contributed by atoms with Gasteiger partial charge in [0.15, 0.2) is 0 Å². The zero-order valence-electron chi connectivity index (χ0n) is 9.37. The fourth-order valence-corrected chi connectivity index (χ4v) is 2.36. The molecular formula is C12H13ClFNO2. The number of ether oxygens (including phenoxy) is 1. The average Bonchev–Trinajstić information content (AvgIpc) is 2.80.